The first-order chi connectivity index (χ1) is 12.8. The number of rotatable bonds is 5. The number of halogens is 3. The van der Waals surface area contributed by atoms with Gasteiger partial charge in [-0.1, -0.05) is 46.9 Å². The second-order valence-electron chi connectivity index (χ2n) is 5.93. The quantitative estimate of drug-likeness (QED) is 0.619. The Morgan fingerprint density at radius 1 is 1.00 bits per heavy atom. The summed E-state index contributed by atoms with van der Waals surface area (Å²) in [6.07, 6.45) is 1.43. The van der Waals surface area contributed by atoms with Gasteiger partial charge in [-0.25, -0.2) is 0 Å². The topological polar surface area (TPSA) is 65.2 Å². The maximum Gasteiger partial charge on any atom is 0.272 e. The highest BCUT2D eigenvalue weighted by Crippen LogP contribution is 2.36. The fourth-order valence-corrected chi connectivity index (χ4v) is 3.06. The van der Waals surface area contributed by atoms with Gasteiger partial charge in [0.2, 0.25) is 0 Å². The first kappa shape index (κ1) is 19.5. The molecule has 0 bridgehead atoms. The minimum Gasteiger partial charge on any atom is -0.466 e. The number of hydrogen-bond acceptors (Lipinski definition) is 3. The Hall–Kier alpha value is -2.27. The van der Waals surface area contributed by atoms with Crippen molar-refractivity contribution in [1.82, 2.24) is 4.98 Å². The molecular formula is C20H15Cl3N2O2. The zero-order valence-electron chi connectivity index (χ0n) is 14.2. The van der Waals surface area contributed by atoms with Crippen LogP contribution in [0.3, 0.4) is 0 Å². The van der Waals surface area contributed by atoms with E-state index in [1.54, 1.807) is 54.6 Å². The van der Waals surface area contributed by atoms with Gasteiger partial charge in [0, 0.05) is 21.8 Å². The summed E-state index contributed by atoms with van der Waals surface area (Å²) in [5.74, 6) is -0.311. The molecule has 1 amide bonds. The molecule has 1 aromatic heterocycles. The SMILES string of the molecule is Cc1cc(OC(C(N)=O)(c2ccc(Cl)cc2)c2ccc(Cl)cn2)ccc1Cl. The second-order valence-corrected chi connectivity index (χ2v) is 7.21. The van der Waals surface area contributed by atoms with Crippen molar-refractivity contribution >= 4 is 40.7 Å². The van der Waals surface area contributed by atoms with Crippen molar-refractivity contribution in [2.45, 2.75) is 12.5 Å². The first-order valence-electron chi connectivity index (χ1n) is 7.96. The van der Waals surface area contributed by atoms with E-state index in [1.807, 2.05) is 6.92 Å². The maximum absolute atomic E-state index is 12.7. The summed E-state index contributed by atoms with van der Waals surface area (Å²) in [4.78, 5) is 17.0. The number of nitrogens with zero attached hydrogens (tertiary/aromatic N) is 1. The Balaban J connectivity index is 2.22. The van der Waals surface area contributed by atoms with Gasteiger partial charge in [-0.2, -0.15) is 0 Å². The van der Waals surface area contributed by atoms with Crippen LogP contribution in [-0.2, 0) is 10.4 Å². The molecule has 0 spiro atoms. The van der Waals surface area contributed by atoms with Gasteiger partial charge < -0.3 is 10.5 Å². The molecule has 0 fully saturated rings. The standard InChI is InChI=1S/C20H15Cl3N2O2/c1-12-10-16(7-8-17(12)23)27-20(19(24)26,13-2-4-14(21)5-3-13)18-9-6-15(22)11-25-18/h2-11H,1H3,(H2,24,26). The summed E-state index contributed by atoms with van der Waals surface area (Å²) in [6.45, 7) is 1.84. The predicted octanol–water partition coefficient (Wildman–Crippen LogP) is 5.16. The van der Waals surface area contributed by atoms with Crippen molar-refractivity contribution in [3.63, 3.8) is 0 Å². The highest BCUT2D eigenvalue weighted by Gasteiger charge is 2.45. The number of aromatic nitrogens is 1. The summed E-state index contributed by atoms with van der Waals surface area (Å²) in [6, 6.07) is 15.0. The fourth-order valence-electron chi connectivity index (χ4n) is 2.70. The number of aryl methyl sites for hydroxylation is 1. The molecule has 0 saturated heterocycles. The van der Waals surface area contributed by atoms with Crippen LogP contribution in [0.4, 0.5) is 0 Å². The molecule has 3 rings (SSSR count). The third-order valence-electron chi connectivity index (χ3n) is 4.09. The molecule has 7 heteroatoms. The molecule has 0 aliphatic heterocycles. The Kier molecular flexibility index (Phi) is 5.61. The molecule has 0 saturated carbocycles. The van der Waals surface area contributed by atoms with Crippen LogP contribution in [0, 0.1) is 6.92 Å². The van der Waals surface area contributed by atoms with E-state index in [2.05, 4.69) is 4.98 Å². The van der Waals surface area contributed by atoms with Crippen molar-refractivity contribution in [1.29, 1.82) is 0 Å². The Bertz CT molecular complexity index is 928. The number of ether oxygens (including phenoxy) is 1. The molecular weight excluding hydrogens is 407 g/mol. The molecule has 138 valence electrons. The number of benzene rings is 2. The van der Waals surface area contributed by atoms with E-state index in [0.29, 0.717) is 32.1 Å². The van der Waals surface area contributed by atoms with Crippen LogP contribution in [0.5, 0.6) is 5.75 Å². The van der Waals surface area contributed by atoms with Crippen LogP contribution in [0.15, 0.2) is 60.8 Å². The van der Waals surface area contributed by atoms with Gasteiger partial charge in [0.15, 0.2) is 0 Å². The van der Waals surface area contributed by atoms with Crippen molar-refractivity contribution in [3.8, 4) is 5.75 Å². The fraction of sp³-hybridized carbons (Fsp3) is 0.100. The Morgan fingerprint density at radius 3 is 2.22 bits per heavy atom. The minimum absolute atomic E-state index is 0.300. The van der Waals surface area contributed by atoms with Crippen LogP contribution in [0.1, 0.15) is 16.8 Å². The molecule has 1 atom stereocenters. The van der Waals surface area contributed by atoms with E-state index in [-0.39, 0.29) is 0 Å². The maximum atomic E-state index is 12.7. The van der Waals surface area contributed by atoms with Crippen LogP contribution in [0.25, 0.3) is 0 Å². The molecule has 3 aromatic rings. The normalized spacial score (nSPS) is 13.0. The molecule has 0 aliphatic rings. The number of hydrogen-bond donors (Lipinski definition) is 1. The van der Waals surface area contributed by atoms with Gasteiger partial charge in [0.25, 0.3) is 11.5 Å². The summed E-state index contributed by atoms with van der Waals surface area (Å²) in [5.41, 5.74) is 5.75. The average molecular weight is 422 g/mol. The van der Waals surface area contributed by atoms with Gasteiger partial charge in [-0.05, 0) is 55.0 Å². The molecule has 0 aliphatic carbocycles. The number of amides is 1. The zero-order valence-corrected chi connectivity index (χ0v) is 16.5. The van der Waals surface area contributed by atoms with E-state index >= 15 is 0 Å². The van der Waals surface area contributed by atoms with Gasteiger partial charge in [-0.3, -0.25) is 9.78 Å². The highest BCUT2D eigenvalue weighted by atomic mass is 35.5. The monoisotopic (exact) mass is 420 g/mol. The van der Waals surface area contributed by atoms with E-state index in [0.717, 1.165) is 5.56 Å². The molecule has 4 nitrogen and oxygen atoms in total. The Labute approximate surface area is 171 Å². The summed E-state index contributed by atoms with van der Waals surface area (Å²) in [5, 5.41) is 1.53. The number of carbonyl (C=O) groups excluding carboxylic acids is 1. The van der Waals surface area contributed by atoms with Crippen molar-refractivity contribution in [3.05, 3.63) is 92.7 Å². The van der Waals surface area contributed by atoms with Gasteiger partial charge in [0.1, 0.15) is 5.75 Å². The van der Waals surface area contributed by atoms with E-state index in [9.17, 15) is 4.79 Å². The lowest BCUT2D eigenvalue weighted by molar-refractivity contribution is -0.131. The van der Waals surface area contributed by atoms with Gasteiger partial charge >= 0.3 is 0 Å². The first-order valence-corrected chi connectivity index (χ1v) is 9.09. The Morgan fingerprint density at radius 2 is 1.67 bits per heavy atom. The van der Waals surface area contributed by atoms with Gasteiger partial charge in [0.05, 0.1) is 10.7 Å². The number of primary amides is 1. The van der Waals surface area contributed by atoms with Crippen molar-refractivity contribution < 1.29 is 9.53 Å². The lowest BCUT2D eigenvalue weighted by Crippen LogP contribution is -2.48. The summed E-state index contributed by atoms with van der Waals surface area (Å²) in [7, 11) is 0. The molecule has 2 N–H and O–H groups in total. The molecule has 27 heavy (non-hydrogen) atoms. The van der Waals surface area contributed by atoms with Crippen molar-refractivity contribution in [2.24, 2.45) is 5.73 Å². The second kappa shape index (κ2) is 7.77. The van der Waals surface area contributed by atoms with Crippen LogP contribution in [-0.4, -0.2) is 10.9 Å². The molecule has 0 radical (unpaired) electrons. The molecule has 1 unspecified atom stereocenters. The zero-order chi connectivity index (χ0) is 19.6. The van der Waals surface area contributed by atoms with Crippen LogP contribution < -0.4 is 10.5 Å². The average Bonchev–Trinajstić information content (AvgIpc) is 2.64. The number of pyridine rings is 1. The van der Waals surface area contributed by atoms with Gasteiger partial charge in [-0.15, -0.1) is 0 Å². The van der Waals surface area contributed by atoms with E-state index < -0.39 is 11.5 Å². The largest absolute Gasteiger partial charge is 0.466 e. The van der Waals surface area contributed by atoms with Crippen LogP contribution in [0.2, 0.25) is 15.1 Å². The minimum atomic E-state index is -1.67. The lowest BCUT2D eigenvalue weighted by atomic mass is 9.88. The third kappa shape index (κ3) is 3.88. The van der Waals surface area contributed by atoms with Crippen LogP contribution >= 0.6 is 34.8 Å². The highest BCUT2D eigenvalue weighted by molar-refractivity contribution is 6.31. The number of nitrogens with two attached hydrogens (primary N) is 1. The third-order valence-corrected chi connectivity index (χ3v) is 4.99. The summed E-state index contributed by atoms with van der Waals surface area (Å²) >= 11 is 18.1. The smallest absolute Gasteiger partial charge is 0.272 e. The number of carbonyl (C=O) groups is 1. The van der Waals surface area contributed by atoms with E-state index in [4.69, 9.17) is 45.3 Å². The van der Waals surface area contributed by atoms with E-state index in [1.165, 1.54) is 6.20 Å². The predicted molar refractivity (Wildman–Crippen MR) is 107 cm³/mol. The summed E-state index contributed by atoms with van der Waals surface area (Å²) < 4.78 is 6.17. The lowest BCUT2D eigenvalue weighted by Gasteiger charge is -2.31. The molecule has 2 aromatic carbocycles. The molecule has 1 heterocycles. The van der Waals surface area contributed by atoms with Crippen molar-refractivity contribution in [2.75, 3.05) is 0 Å².